The summed E-state index contributed by atoms with van der Waals surface area (Å²) < 4.78 is 1.35. The quantitative estimate of drug-likeness (QED) is 0.387. The van der Waals surface area contributed by atoms with Gasteiger partial charge in [-0.3, -0.25) is 19.0 Å². The van der Waals surface area contributed by atoms with Gasteiger partial charge in [0.05, 0.1) is 17.3 Å². The van der Waals surface area contributed by atoms with Crippen molar-refractivity contribution in [3.8, 4) is 11.1 Å². The van der Waals surface area contributed by atoms with Gasteiger partial charge in [-0.2, -0.15) is 0 Å². The number of carbonyl (C=O) groups is 2. The average Bonchev–Trinajstić information content (AvgIpc) is 3.45. The average molecular weight is 507 g/mol. The van der Waals surface area contributed by atoms with E-state index < -0.39 is 17.9 Å². The van der Waals surface area contributed by atoms with Gasteiger partial charge in [0, 0.05) is 15.8 Å². The van der Waals surface area contributed by atoms with Gasteiger partial charge < -0.3 is 11.1 Å². The molecule has 9 heteroatoms. The highest BCUT2D eigenvalue weighted by molar-refractivity contribution is 7.17. The molecule has 1 unspecified atom stereocenters. The van der Waals surface area contributed by atoms with E-state index in [1.807, 2.05) is 17.5 Å². The normalized spacial score (nSPS) is 14.0. The molecule has 3 N–H and O–H groups in total. The predicted molar refractivity (Wildman–Crippen MR) is 142 cm³/mol. The number of fused-ring (bicyclic) bond motifs is 2. The number of thiophene rings is 2. The molecule has 3 heterocycles. The third kappa shape index (κ3) is 4.19. The van der Waals surface area contributed by atoms with Crippen LogP contribution < -0.4 is 16.6 Å². The number of hydrogen-bond donors (Lipinski definition) is 2. The number of nitrogens with two attached hydrogens (primary N) is 1. The second kappa shape index (κ2) is 9.39. The third-order valence-corrected chi connectivity index (χ3v) is 8.74. The number of primary amides is 1. The lowest BCUT2D eigenvalue weighted by Gasteiger charge is -2.15. The van der Waals surface area contributed by atoms with Crippen molar-refractivity contribution >= 4 is 49.7 Å². The number of aryl methyl sites for hydroxylation is 2. The number of benzene rings is 1. The lowest BCUT2D eigenvalue weighted by Crippen LogP contribution is -2.32. The fourth-order valence-corrected chi connectivity index (χ4v) is 6.82. The van der Waals surface area contributed by atoms with Crippen LogP contribution in [0.1, 0.15) is 59.1 Å². The molecule has 1 aliphatic carbocycles. The number of amides is 2. The Morgan fingerprint density at radius 1 is 1.20 bits per heavy atom. The number of rotatable bonds is 6. The second-order valence-electron chi connectivity index (χ2n) is 8.78. The van der Waals surface area contributed by atoms with E-state index >= 15 is 0 Å². The molecule has 0 saturated carbocycles. The molecule has 0 bridgehead atoms. The maximum atomic E-state index is 13.5. The number of hydrogen-bond acceptors (Lipinski definition) is 6. The highest BCUT2D eigenvalue weighted by Crippen LogP contribution is 2.38. The molecular weight excluding hydrogens is 480 g/mol. The molecule has 1 aromatic carbocycles. The molecule has 0 radical (unpaired) electrons. The van der Waals surface area contributed by atoms with Crippen LogP contribution in [0.4, 0.5) is 5.00 Å². The van der Waals surface area contributed by atoms with E-state index in [-0.39, 0.29) is 5.56 Å². The zero-order valence-electron chi connectivity index (χ0n) is 19.6. The van der Waals surface area contributed by atoms with Crippen LogP contribution in [0.25, 0.3) is 21.3 Å². The fourth-order valence-electron chi connectivity index (χ4n) is 4.61. The van der Waals surface area contributed by atoms with Crippen LogP contribution in [-0.2, 0) is 24.1 Å². The first kappa shape index (κ1) is 23.4. The van der Waals surface area contributed by atoms with Crippen molar-refractivity contribution in [2.75, 3.05) is 5.32 Å². The van der Waals surface area contributed by atoms with E-state index in [0.29, 0.717) is 20.8 Å². The lowest BCUT2D eigenvalue weighted by atomic mass is 9.95. The van der Waals surface area contributed by atoms with Crippen molar-refractivity contribution in [2.45, 2.75) is 52.0 Å². The zero-order valence-corrected chi connectivity index (χ0v) is 21.2. The van der Waals surface area contributed by atoms with Crippen molar-refractivity contribution in [2.24, 2.45) is 5.73 Å². The van der Waals surface area contributed by atoms with Crippen LogP contribution in [0.5, 0.6) is 0 Å². The number of nitrogens with zero attached hydrogens (tertiary/aromatic N) is 2. The molecule has 0 fully saturated rings. The Kier molecular flexibility index (Phi) is 6.29. The predicted octanol–water partition coefficient (Wildman–Crippen LogP) is 4.93. The van der Waals surface area contributed by atoms with Gasteiger partial charge in [-0.25, -0.2) is 4.98 Å². The summed E-state index contributed by atoms with van der Waals surface area (Å²) >= 11 is 2.82. The van der Waals surface area contributed by atoms with Gasteiger partial charge in [0.1, 0.15) is 15.9 Å². The van der Waals surface area contributed by atoms with E-state index in [1.165, 1.54) is 39.1 Å². The number of aromatic nitrogens is 2. The van der Waals surface area contributed by atoms with Gasteiger partial charge in [-0.15, -0.1) is 22.7 Å². The highest BCUT2D eigenvalue weighted by Gasteiger charge is 2.27. The van der Waals surface area contributed by atoms with E-state index in [4.69, 9.17) is 5.73 Å². The van der Waals surface area contributed by atoms with Crippen LogP contribution in [0.2, 0.25) is 0 Å². The SMILES string of the molecule is CCc1ccc(-c2csc3ncn(C(C)C(=O)Nc4sc5c(c4C(N)=O)CCCC5)c(=O)c23)cc1. The first-order valence-electron chi connectivity index (χ1n) is 11.7. The monoisotopic (exact) mass is 506 g/mol. The molecule has 180 valence electrons. The Morgan fingerprint density at radius 3 is 2.66 bits per heavy atom. The summed E-state index contributed by atoms with van der Waals surface area (Å²) in [4.78, 5) is 45.1. The largest absolute Gasteiger partial charge is 0.365 e. The molecular formula is C26H26N4O3S2. The standard InChI is InChI=1S/C26H26N4O3S2/c1-3-15-8-10-16(11-9-15)18-12-34-24-21(18)26(33)30(13-28-24)14(2)23(32)29-25-20(22(27)31)17-6-4-5-7-19(17)35-25/h8-14H,3-7H2,1-2H3,(H2,27,31)(H,29,32). The van der Waals surface area contributed by atoms with E-state index in [0.717, 1.165) is 53.7 Å². The van der Waals surface area contributed by atoms with Crippen molar-refractivity contribution in [1.82, 2.24) is 9.55 Å². The Morgan fingerprint density at radius 2 is 1.94 bits per heavy atom. The van der Waals surface area contributed by atoms with E-state index in [9.17, 15) is 14.4 Å². The van der Waals surface area contributed by atoms with Crippen molar-refractivity contribution in [1.29, 1.82) is 0 Å². The molecule has 0 saturated heterocycles. The van der Waals surface area contributed by atoms with Gasteiger partial charge >= 0.3 is 0 Å². The Balaban J connectivity index is 1.48. The number of carbonyl (C=O) groups excluding carboxylic acids is 2. The Hall–Kier alpha value is -3.30. The van der Waals surface area contributed by atoms with E-state index in [2.05, 4.69) is 29.4 Å². The maximum Gasteiger partial charge on any atom is 0.263 e. The Labute approximate surface area is 210 Å². The summed E-state index contributed by atoms with van der Waals surface area (Å²) in [5, 5.41) is 5.78. The van der Waals surface area contributed by atoms with Gasteiger partial charge in [0.25, 0.3) is 11.5 Å². The molecule has 0 spiro atoms. The van der Waals surface area contributed by atoms with Gasteiger partial charge in [-0.05, 0) is 55.7 Å². The van der Waals surface area contributed by atoms with Crippen molar-refractivity contribution in [3.63, 3.8) is 0 Å². The molecule has 7 nitrogen and oxygen atoms in total. The number of anilines is 1. The summed E-state index contributed by atoms with van der Waals surface area (Å²) in [7, 11) is 0. The minimum absolute atomic E-state index is 0.269. The topological polar surface area (TPSA) is 107 Å². The van der Waals surface area contributed by atoms with Gasteiger partial charge in [0.15, 0.2) is 0 Å². The molecule has 3 aromatic heterocycles. The van der Waals surface area contributed by atoms with Crippen molar-refractivity contribution in [3.05, 3.63) is 67.9 Å². The molecule has 4 aromatic rings. The summed E-state index contributed by atoms with van der Waals surface area (Å²) in [6, 6.07) is 7.31. The van der Waals surface area contributed by atoms with Crippen LogP contribution in [0, 0.1) is 0 Å². The highest BCUT2D eigenvalue weighted by atomic mass is 32.1. The Bertz CT molecular complexity index is 1500. The third-order valence-electron chi connectivity index (χ3n) is 6.64. The smallest absolute Gasteiger partial charge is 0.263 e. The molecule has 0 aliphatic heterocycles. The first-order chi connectivity index (χ1) is 16.9. The first-order valence-corrected chi connectivity index (χ1v) is 13.4. The zero-order chi connectivity index (χ0) is 24.7. The van der Waals surface area contributed by atoms with Gasteiger partial charge in [0.2, 0.25) is 5.91 Å². The van der Waals surface area contributed by atoms with Crippen LogP contribution >= 0.6 is 22.7 Å². The molecule has 2 amide bonds. The fraction of sp³-hybridized carbons (Fsp3) is 0.308. The molecule has 1 aliphatic rings. The summed E-state index contributed by atoms with van der Waals surface area (Å²) in [5.74, 6) is -0.928. The van der Waals surface area contributed by atoms with Crippen LogP contribution in [0.3, 0.4) is 0 Å². The second-order valence-corrected chi connectivity index (χ2v) is 10.7. The van der Waals surface area contributed by atoms with Crippen molar-refractivity contribution < 1.29 is 9.59 Å². The maximum absolute atomic E-state index is 13.5. The number of nitrogens with one attached hydrogen (secondary N) is 1. The van der Waals surface area contributed by atoms with Crippen LogP contribution in [0.15, 0.2) is 40.8 Å². The minimum Gasteiger partial charge on any atom is -0.365 e. The molecule has 35 heavy (non-hydrogen) atoms. The van der Waals surface area contributed by atoms with Gasteiger partial charge in [-0.1, -0.05) is 31.2 Å². The molecule has 1 atom stereocenters. The summed E-state index contributed by atoms with van der Waals surface area (Å²) in [6.45, 7) is 3.76. The molecule has 5 rings (SSSR count). The van der Waals surface area contributed by atoms with E-state index in [1.54, 1.807) is 6.92 Å². The van der Waals surface area contributed by atoms with Crippen LogP contribution in [-0.4, -0.2) is 21.4 Å². The summed E-state index contributed by atoms with van der Waals surface area (Å²) in [6.07, 6.45) is 6.08. The lowest BCUT2D eigenvalue weighted by molar-refractivity contribution is -0.118. The minimum atomic E-state index is -0.825. The summed E-state index contributed by atoms with van der Waals surface area (Å²) in [5.41, 5.74) is 9.73.